The molecule has 1 saturated heterocycles. The van der Waals surface area contributed by atoms with Gasteiger partial charge in [-0.05, 0) is 13.8 Å². The van der Waals surface area contributed by atoms with E-state index in [-0.39, 0.29) is 12.2 Å². The summed E-state index contributed by atoms with van der Waals surface area (Å²) >= 11 is 0. The van der Waals surface area contributed by atoms with Gasteiger partial charge in [0.15, 0.2) is 0 Å². The van der Waals surface area contributed by atoms with Crippen LogP contribution in [-0.4, -0.2) is 51.6 Å². The average molecular weight is 204 g/mol. The number of aliphatic hydroxyl groups is 3. The van der Waals surface area contributed by atoms with Crippen LogP contribution >= 0.6 is 0 Å². The standard InChI is InChI=1S/C9H16O5/c1-4(10)3-6-8(12)9(13)7(11)5(2)14-6/h5-9,11-13H,3H2,1-2H3/t5-,6-,7-,8-,9+/m0/s1. The molecule has 1 heterocycles. The van der Waals surface area contributed by atoms with E-state index in [0.717, 1.165) is 0 Å². The first kappa shape index (κ1) is 11.6. The Kier molecular flexibility index (Phi) is 3.60. The Hall–Kier alpha value is -0.490. The summed E-state index contributed by atoms with van der Waals surface area (Å²) in [5, 5.41) is 28.2. The fraction of sp³-hybridized carbons (Fsp3) is 0.889. The summed E-state index contributed by atoms with van der Waals surface area (Å²) in [7, 11) is 0. The highest BCUT2D eigenvalue weighted by Crippen LogP contribution is 2.22. The first-order valence-electron chi connectivity index (χ1n) is 4.62. The second-order valence-electron chi connectivity index (χ2n) is 3.76. The van der Waals surface area contributed by atoms with Gasteiger partial charge in [-0.15, -0.1) is 0 Å². The molecule has 1 fully saturated rings. The van der Waals surface area contributed by atoms with Crippen LogP contribution in [0.4, 0.5) is 0 Å². The van der Waals surface area contributed by atoms with Crippen molar-refractivity contribution < 1.29 is 24.9 Å². The lowest BCUT2D eigenvalue weighted by Crippen LogP contribution is -2.56. The molecule has 0 amide bonds. The van der Waals surface area contributed by atoms with Gasteiger partial charge < -0.3 is 20.1 Å². The molecule has 3 N–H and O–H groups in total. The highest BCUT2D eigenvalue weighted by Gasteiger charge is 2.41. The largest absolute Gasteiger partial charge is 0.388 e. The van der Waals surface area contributed by atoms with E-state index in [0.29, 0.717) is 0 Å². The summed E-state index contributed by atoms with van der Waals surface area (Å²) in [6, 6.07) is 0. The van der Waals surface area contributed by atoms with Gasteiger partial charge in [-0.2, -0.15) is 0 Å². The van der Waals surface area contributed by atoms with Crippen molar-refractivity contribution in [3.05, 3.63) is 0 Å². The van der Waals surface area contributed by atoms with Crippen LogP contribution in [-0.2, 0) is 9.53 Å². The molecule has 5 heteroatoms. The van der Waals surface area contributed by atoms with Crippen molar-refractivity contribution in [2.45, 2.75) is 50.8 Å². The second-order valence-corrected chi connectivity index (χ2v) is 3.76. The van der Waals surface area contributed by atoms with E-state index >= 15 is 0 Å². The molecule has 0 unspecified atom stereocenters. The number of carbonyl (C=O) groups is 1. The van der Waals surface area contributed by atoms with E-state index in [4.69, 9.17) is 4.74 Å². The van der Waals surface area contributed by atoms with Crippen molar-refractivity contribution in [2.75, 3.05) is 0 Å². The summed E-state index contributed by atoms with van der Waals surface area (Å²) in [4.78, 5) is 10.8. The number of Topliss-reactive ketones (excluding diaryl/α,β-unsaturated/α-hetero) is 1. The number of rotatable bonds is 2. The predicted molar refractivity (Wildman–Crippen MR) is 47.7 cm³/mol. The van der Waals surface area contributed by atoms with Gasteiger partial charge in [-0.25, -0.2) is 0 Å². The lowest BCUT2D eigenvalue weighted by atomic mass is 9.93. The minimum absolute atomic E-state index is 0.0509. The molecule has 5 nitrogen and oxygen atoms in total. The molecule has 0 aromatic heterocycles. The maximum atomic E-state index is 10.8. The van der Waals surface area contributed by atoms with E-state index in [9.17, 15) is 20.1 Å². The van der Waals surface area contributed by atoms with Gasteiger partial charge in [-0.3, -0.25) is 4.79 Å². The lowest BCUT2D eigenvalue weighted by molar-refractivity contribution is -0.217. The number of ketones is 1. The molecule has 82 valence electrons. The van der Waals surface area contributed by atoms with E-state index in [1.54, 1.807) is 6.92 Å². The summed E-state index contributed by atoms with van der Waals surface area (Å²) in [5.74, 6) is -0.121. The molecule has 0 bridgehead atoms. The van der Waals surface area contributed by atoms with Crippen LogP contribution in [0.25, 0.3) is 0 Å². The van der Waals surface area contributed by atoms with Crippen LogP contribution in [0.3, 0.4) is 0 Å². The Bertz CT molecular complexity index is 217. The molecule has 0 aromatic rings. The van der Waals surface area contributed by atoms with Gasteiger partial charge in [0.05, 0.1) is 12.2 Å². The van der Waals surface area contributed by atoms with Crippen LogP contribution in [0.15, 0.2) is 0 Å². The van der Waals surface area contributed by atoms with Crippen molar-refractivity contribution in [1.82, 2.24) is 0 Å². The van der Waals surface area contributed by atoms with Gasteiger partial charge in [-0.1, -0.05) is 0 Å². The van der Waals surface area contributed by atoms with E-state index in [1.807, 2.05) is 0 Å². The molecule has 0 aromatic carbocycles. The van der Waals surface area contributed by atoms with Gasteiger partial charge in [0, 0.05) is 6.42 Å². The molecular formula is C9H16O5. The number of aliphatic hydroxyl groups excluding tert-OH is 3. The van der Waals surface area contributed by atoms with Crippen molar-refractivity contribution in [2.24, 2.45) is 0 Å². The third-order valence-electron chi connectivity index (χ3n) is 2.44. The van der Waals surface area contributed by atoms with Crippen molar-refractivity contribution in [3.63, 3.8) is 0 Å². The first-order valence-corrected chi connectivity index (χ1v) is 4.62. The molecule has 0 aliphatic carbocycles. The third-order valence-corrected chi connectivity index (χ3v) is 2.44. The number of ether oxygens (including phenoxy) is 1. The van der Waals surface area contributed by atoms with E-state index < -0.39 is 30.5 Å². The Morgan fingerprint density at radius 1 is 1.21 bits per heavy atom. The highest BCUT2D eigenvalue weighted by molar-refractivity contribution is 5.76. The molecule has 1 aliphatic heterocycles. The van der Waals surface area contributed by atoms with Gasteiger partial charge in [0.25, 0.3) is 0 Å². The molecule has 14 heavy (non-hydrogen) atoms. The Balaban J connectivity index is 2.65. The average Bonchev–Trinajstić information content (AvgIpc) is 2.10. The van der Waals surface area contributed by atoms with E-state index in [1.165, 1.54) is 6.92 Å². The molecule has 5 atom stereocenters. The topological polar surface area (TPSA) is 87.0 Å². The predicted octanol–water partition coefficient (Wildman–Crippen LogP) is -1.16. The Morgan fingerprint density at radius 2 is 1.79 bits per heavy atom. The molecule has 0 radical (unpaired) electrons. The zero-order chi connectivity index (χ0) is 10.9. The van der Waals surface area contributed by atoms with Crippen LogP contribution in [0.1, 0.15) is 20.3 Å². The number of carbonyl (C=O) groups excluding carboxylic acids is 1. The molecule has 1 rings (SSSR count). The van der Waals surface area contributed by atoms with Crippen molar-refractivity contribution in [3.8, 4) is 0 Å². The summed E-state index contributed by atoms with van der Waals surface area (Å²) in [6.45, 7) is 2.98. The smallest absolute Gasteiger partial charge is 0.132 e. The zero-order valence-corrected chi connectivity index (χ0v) is 8.25. The fourth-order valence-electron chi connectivity index (χ4n) is 1.59. The van der Waals surface area contributed by atoms with Crippen LogP contribution in [0.5, 0.6) is 0 Å². The molecular weight excluding hydrogens is 188 g/mol. The van der Waals surface area contributed by atoms with Gasteiger partial charge in [0.1, 0.15) is 24.1 Å². The third kappa shape index (κ3) is 2.30. The normalized spacial score (nSPS) is 43.6. The van der Waals surface area contributed by atoms with Crippen molar-refractivity contribution in [1.29, 1.82) is 0 Å². The summed E-state index contributed by atoms with van der Waals surface area (Å²) < 4.78 is 5.21. The number of hydrogen-bond acceptors (Lipinski definition) is 5. The lowest BCUT2D eigenvalue weighted by Gasteiger charge is -2.39. The van der Waals surface area contributed by atoms with E-state index in [2.05, 4.69) is 0 Å². The molecule has 0 spiro atoms. The number of hydrogen-bond donors (Lipinski definition) is 3. The molecule has 1 aliphatic rings. The maximum Gasteiger partial charge on any atom is 0.132 e. The van der Waals surface area contributed by atoms with Crippen molar-refractivity contribution >= 4 is 5.78 Å². The first-order chi connectivity index (χ1) is 6.43. The second kappa shape index (κ2) is 4.35. The zero-order valence-electron chi connectivity index (χ0n) is 8.25. The van der Waals surface area contributed by atoms with Crippen LogP contribution in [0, 0.1) is 0 Å². The summed E-state index contributed by atoms with van der Waals surface area (Å²) in [5.41, 5.74) is 0. The van der Waals surface area contributed by atoms with Crippen LogP contribution < -0.4 is 0 Å². The van der Waals surface area contributed by atoms with Crippen LogP contribution in [0.2, 0.25) is 0 Å². The molecule has 0 saturated carbocycles. The Morgan fingerprint density at radius 3 is 2.29 bits per heavy atom. The van der Waals surface area contributed by atoms with Gasteiger partial charge >= 0.3 is 0 Å². The van der Waals surface area contributed by atoms with Gasteiger partial charge in [0.2, 0.25) is 0 Å². The monoisotopic (exact) mass is 204 g/mol. The fourth-order valence-corrected chi connectivity index (χ4v) is 1.59. The maximum absolute atomic E-state index is 10.8. The quantitative estimate of drug-likeness (QED) is 0.528. The Labute approximate surface area is 82.3 Å². The minimum atomic E-state index is -1.25. The minimum Gasteiger partial charge on any atom is -0.388 e. The highest BCUT2D eigenvalue weighted by atomic mass is 16.5. The summed E-state index contributed by atoms with van der Waals surface area (Å²) in [6.07, 6.45) is -4.80. The SMILES string of the molecule is CC(=O)C[C@@H]1O[C@@H](C)[C@H](O)[C@@H](O)[C@H]1O.